The fourth-order valence-corrected chi connectivity index (χ4v) is 3.04. The van der Waals surface area contributed by atoms with E-state index in [0.29, 0.717) is 12.1 Å². The third-order valence-electron chi connectivity index (χ3n) is 4.08. The van der Waals surface area contributed by atoms with Crippen LogP contribution < -0.4 is 5.32 Å². The lowest BCUT2D eigenvalue weighted by Crippen LogP contribution is -2.50. The Labute approximate surface area is 98.6 Å². The quantitative estimate of drug-likeness (QED) is 0.730. The minimum atomic E-state index is 0.173. The Morgan fingerprint density at radius 2 is 1.88 bits per heavy atom. The first-order valence-electron chi connectivity index (χ1n) is 6.74. The van der Waals surface area contributed by atoms with Crippen LogP contribution in [0.5, 0.6) is 0 Å². The Kier molecular flexibility index (Phi) is 3.72. The molecular weight excluding hydrogens is 200 g/mol. The molecule has 2 amide bonds. The number of likely N-dealkylation sites (tertiary alicyclic amines) is 1. The average molecular weight is 224 g/mol. The van der Waals surface area contributed by atoms with Crippen LogP contribution in [0.4, 0.5) is 4.79 Å². The van der Waals surface area contributed by atoms with Gasteiger partial charge in [0.1, 0.15) is 0 Å². The first kappa shape index (κ1) is 11.7. The van der Waals surface area contributed by atoms with E-state index in [-0.39, 0.29) is 6.03 Å². The van der Waals surface area contributed by atoms with E-state index in [0.717, 1.165) is 25.3 Å². The topological polar surface area (TPSA) is 32.3 Å². The first-order valence-corrected chi connectivity index (χ1v) is 6.74. The highest BCUT2D eigenvalue weighted by Gasteiger charge is 2.28. The van der Waals surface area contributed by atoms with E-state index in [9.17, 15) is 4.79 Å². The van der Waals surface area contributed by atoms with Gasteiger partial charge in [0.05, 0.1) is 0 Å². The van der Waals surface area contributed by atoms with Crippen LogP contribution in [0, 0.1) is 5.92 Å². The zero-order valence-electron chi connectivity index (χ0n) is 10.5. The number of nitrogens with one attached hydrogen (secondary N) is 1. The molecule has 2 rings (SSSR count). The number of hydrogen-bond donors (Lipinski definition) is 1. The summed E-state index contributed by atoms with van der Waals surface area (Å²) in [6, 6.07) is 1.02. The highest BCUT2D eigenvalue weighted by molar-refractivity contribution is 5.75. The summed E-state index contributed by atoms with van der Waals surface area (Å²) in [6.07, 6.45) is 7.20. The third kappa shape index (κ3) is 2.69. The van der Waals surface area contributed by atoms with Gasteiger partial charge in [-0.2, -0.15) is 0 Å². The predicted octanol–water partition coefficient (Wildman–Crippen LogP) is 2.76. The van der Waals surface area contributed by atoms with Crippen LogP contribution in [0.2, 0.25) is 0 Å². The second-order valence-electron chi connectivity index (χ2n) is 5.60. The molecule has 0 aromatic rings. The molecule has 0 aromatic heterocycles. The van der Waals surface area contributed by atoms with Crippen LogP contribution in [0.15, 0.2) is 0 Å². The van der Waals surface area contributed by atoms with E-state index in [2.05, 4.69) is 19.2 Å². The smallest absolute Gasteiger partial charge is 0.317 e. The molecule has 1 N–H and O–H groups in total. The highest BCUT2D eigenvalue weighted by atomic mass is 16.2. The second-order valence-corrected chi connectivity index (χ2v) is 5.60. The second kappa shape index (κ2) is 5.07. The lowest BCUT2D eigenvalue weighted by atomic mass is 9.94. The molecule has 0 spiro atoms. The first-order chi connectivity index (χ1) is 7.66. The maximum absolute atomic E-state index is 12.1. The Morgan fingerprint density at radius 1 is 1.19 bits per heavy atom. The zero-order valence-corrected chi connectivity index (χ0v) is 10.5. The molecule has 3 nitrogen and oxygen atoms in total. The molecule has 92 valence electrons. The highest BCUT2D eigenvalue weighted by Crippen LogP contribution is 2.23. The van der Waals surface area contributed by atoms with Crippen LogP contribution in [-0.2, 0) is 0 Å². The number of rotatable bonds is 1. The van der Waals surface area contributed by atoms with Crippen molar-refractivity contribution in [2.45, 2.75) is 64.5 Å². The van der Waals surface area contributed by atoms with Crippen LogP contribution in [0.3, 0.4) is 0 Å². The zero-order chi connectivity index (χ0) is 11.5. The molecule has 1 heterocycles. The van der Waals surface area contributed by atoms with E-state index in [1.54, 1.807) is 0 Å². The molecule has 1 saturated heterocycles. The van der Waals surface area contributed by atoms with Gasteiger partial charge in [0, 0.05) is 18.6 Å². The van der Waals surface area contributed by atoms with Crippen molar-refractivity contribution in [2.75, 3.05) is 6.54 Å². The van der Waals surface area contributed by atoms with Gasteiger partial charge in [0.15, 0.2) is 0 Å². The summed E-state index contributed by atoms with van der Waals surface area (Å²) >= 11 is 0. The van der Waals surface area contributed by atoms with Crippen LogP contribution in [-0.4, -0.2) is 29.6 Å². The summed E-state index contributed by atoms with van der Waals surface area (Å²) in [5.74, 6) is 0.769. The van der Waals surface area contributed by atoms with E-state index in [1.165, 1.54) is 25.7 Å². The lowest BCUT2D eigenvalue weighted by Gasteiger charge is -2.37. The van der Waals surface area contributed by atoms with Crippen molar-refractivity contribution in [3.8, 4) is 0 Å². The van der Waals surface area contributed by atoms with Crippen molar-refractivity contribution in [3.63, 3.8) is 0 Å². The van der Waals surface area contributed by atoms with Crippen molar-refractivity contribution in [2.24, 2.45) is 5.92 Å². The fourth-order valence-electron chi connectivity index (χ4n) is 3.04. The van der Waals surface area contributed by atoms with Crippen molar-refractivity contribution in [3.05, 3.63) is 0 Å². The molecule has 3 heteroatoms. The molecule has 1 aliphatic heterocycles. The van der Waals surface area contributed by atoms with Crippen LogP contribution >= 0.6 is 0 Å². The number of carbonyl (C=O) groups is 1. The van der Waals surface area contributed by atoms with Crippen LogP contribution in [0.25, 0.3) is 0 Å². The number of urea groups is 1. The molecule has 0 radical (unpaired) electrons. The molecule has 0 bridgehead atoms. The average Bonchev–Trinajstić information content (AvgIpc) is 2.70. The summed E-state index contributed by atoms with van der Waals surface area (Å²) in [5.41, 5.74) is 0. The monoisotopic (exact) mass is 224 g/mol. The van der Waals surface area contributed by atoms with E-state index in [1.807, 2.05) is 4.90 Å². The Balaban J connectivity index is 1.83. The van der Waals surface area contributed by atoms with E-state index in [4.69, 9.17) is 0 Å². The predicted molar refractivity (Wildman–Crippen MR) is 65.4 cm³/mol. The SMILES string of the molecule is CC1CCN(C(=O)NC2CCCC2)C(C)C1. The minimum Gasteiger partial charge on any atom is -0.335 e. The Morgan fingerprint density at radius 3 is 2.50 bits per heavy atom. The van der Waals surface area contributed by atoms with E-state index >= 15 is 0 Å². The summed E-state index contributed by atoms with van der Waals surface area (Å²) in [7, 11) is 0. The standard InChI is InChI=1S/C13H24N2O/c1-10-7-8-15(11(2)9-10)13(16)14-12-5-3-4-6-12/h10-12H,3-9H2,1-2H3,(H,14,16). The van der Waals surface area contributed by atoms with Gasteiger partial charge in [0.2, 0.25) is 0 Å². The molecule has 1 aliphatic carbocycles. The Bertz CT molecular complexity index is 248. The molecule has 2 fully saturated rings. The summed E-state index contributed by atoms with van der Waals surface area (Å²) in [4.78, 5) is 14.1. The van der Waals surface area contributed by atoms with Gasteiger partial charge in [-0.3, -0.25) is 0 Å². The molecule has 2 atom stereocenters. The maximum Gasteiger partial charge on any atom is 0.317 e. The van der Waals surface area contributed by atoms with Crippen molar-refractivity contribution in [1.29, 1.82) is 0 Å². The largest absolute Gasteiger partial charge is 0.335 e. The molecule has 1 saturated carbocycles. The van der Waals surface area contributed by atoms with Crippen LogP contribution in [0.1, 0.15) is 52.4 Å². The van der Waals surface area contributed by atoms with Crippen molar-refractivity contribution >= 4 is 6.03 Å². The molecular formula is C13H24N2O. The van der Waals surface area contributed by atoms with Crippen molar-refractivity contribution < 1.29 is 4.79 Å². The molecule has 16 heavy (non-hydrogen) atoms. The number of nitrogens with zero attached hydrogens (tertiary/aromatic N) is 1. The minimum absolute atomic E-state index is 0.173. The normalized spacial score (nSPS) is 31.8. The van der Waals surface area contributed by atoms with Gasteiger partial charge in [-0.05, 0) is 38.5 Å². The lowest BCUT2D eigenvalue weighted by molar-refractivity contribution is 0.137. The van der Waals surface area contributed by atoms with Gasteiger partial charge >= 0.3 is 6.03 Å². The maximum atomic E-state index is 12.1. The summed E-state index contributed by atoms with van der Waals surface area (Å²) in [5, 5.41) is 3.18. The Hall–Kier alpha value is -0.730. The van der Waals surface area contributed by atoms with Gasteiger partial charge in [-0.25, -0.2) is 4.79 Å². The van der Waals surface area contributed by atoms with Gasteiger partial charge < -0.3 is 10.2 Å². The van der Waals surface area contributed by atoms with Gasteiger partial charge in [-0.15, -0.1) is 0 Å². The fraction of sp³-hybridized carbons (Fsp3) is 0.923. The number of amides is 2. The molecule has 2 unspecified atom stereocenters. The number of carbonyl (C=O) groups excluding carboxylic acids is 1. The summed E-state index contributed by atoms with van der Waals surface area (Å²) < 4.78 is 0. The van der Waals surface area contributed by atoms with E-state index < -0.39 is 0 Å². The molecule has 0 aromatic carbocycles. The molecule has 2 aliphatic rings. The van der Waals surface area contributed by atoms with Crippen molar-refractivity contribution in [1.82, 2.24) is 10.2 Å². The number of piperidine rings is 1. The third-order valence-corrected chi connectivity index (χ3v) is 4.08. The summed E-state index contributed by atoms with van der Waals surface area (Å²) in [6.45, 7) is 5.38. The van der Waals surface area contributed by atoms with Gasteiger partial charge in [0.25, 0.3) is 0 Å². The number of hydrogen-bond acceptors (Lipinski definition) is 1. The van der Waals surface area contributed by atoms with Gasteiger partial charge in [-0.1, -0.05) is 19.8 Å².